The summed E-state index contributed by atoms with van der Waals surface area (Å²) >= 11 is 1.74. The molecule has 1 aliphatic carbocycles. The molecule has 0 amide bonds. The van der Waals surface area contributed by atoms with E-state index in [1.807, 2.05) is 6.92 Å². The molecule has 1 heterocycles. The summed E-state index contributed by atoms with van der Waals surface area (Å²) in [7, 11) is 0. The van der Waals surface area contributed by atoms with Crippen molar-refractivity contribution in [2.75, 3.05) is 0 Å². The lowest BCUT2D eigenvalue weighted by molar-refractivity contribution is 0.669. The van der Waals surface area contributed by atoms with Crippen molar-refractivity contribution in [3.63, 3.8) is 0 Å². The van der Waals surface area contributed by atoms with Crippen molar-refractivity contribution < 1.29 is 0 Å². The number of rotatable bonds is 4. The number of nitrogens with zero attached hydrogens (tertiary/aromatic N) is 1. The number of benzene rings is 1. The van der Waals surface area contributed by atoms with Gasteiger partial charge in [-0.25, -0.2) is 4.98 Å². The van der Waals surface area contributed by atoms with Gasteiger partial charge in [-0.2, -0.15) is 0 Å². The maximum absolute atomic E-state index is 4.46. The number of aryl methyl sites for hydroxylation is 1. The maximum atomic E-state index is 4.46. The zero-order chi connectivity index (χ0) is 11.7. The van der Waals surface area contributed by atoms with E-state index in [0.29, 0.717) is 12.0 Å². The van der Waals surface area contributed by atoms with Crippen LogP contribution in [-0.2, 0) is 6.54 Å². The highest BCUT2D eigenvalue weighted by atomic mass is 32.1. The predicted octanol–water partition coefficient (Wildman–Crippen LogP) is 3.10. The monoisotopic (exact) mass is 244 g/mol. The third kappa shape index (κ3) is 2.56. The summed E-state index contributed by atoms with van der Waals surface area (Å²) in [6, 6.07) is 11.4. The highest BCUT2D eigenvalue weighted by molar-refractivity contribution is 7.09. The second kappa shape index (κ2) is 4.59. The largest absolute Gasteiger partial charge is 0.307 e. The smallest absolute Gasteiger partial charge is 0.107 e. The highest BCUT2D eigenvalue weighted by Gasteiger charge is 2.37. The van der Waals surface area contributed by atoms with Crippen LogP contribution in [0.3, 0.4) is 0 Å². The Labute approximate surface area is 106 Å². The summed E-state index contributed by atoms with van der Waals surface area (Å²) in [5.41, 5.74) is 2.59. The van der Waals surface area contributed by atoms with Crippen molar-refractivity contribution in [1.82, 2.24) is 10.3 Å². The van der Waals surface area contributed by atoms with Crippen LogP contribution >= 0.6 is 11.3 Å². The zero-order valence-corrected chi connectivity index (χ0v) is 10.7. The highest BCUT2D eigenvalue weighted by Crippen LogP contribution is 2.40. The minimum absolute atomic E-state index is 0.640. The fraction of sp³-hybridized carbons (Fsp3) is 0.357. The number of thiazole rings is 1. The number of hydrogen-bond donors (Lipinski definition) is 1. The predicted molar refractivity (Wildman–Crippen MR) is 71.3 cm³/mol. The molecular weight excluding hydrogens is 228 g/mol. The molecule has 0 saturated heterocycles. The SMILES string of the molecule is Cc1csc(CNC2CC2c2ccccc2)n1. The van der Waals surface area contributed by atoms with Gasteiger partial charge in [0.25, 0.3) is 0 Å². The van der Waals surface area contributed by atoms with Crippen LogP contribution in [0.2, 0.25) is 0 Å². The van der Waals surface area contributed by atoms with Gasteiger partial charge in [-0.15, -0.1) is 11.3 Å². The summed E-state index contributed by atoms with van der Waals surface area (Å²) in [5, 5.41) is 6.89. The first kappa shape index (κ1) is 10.9. The third-order valence-electron chi connectivity index (χ3n) is 3.20. The lowest BCUT2D eigenvalue weighted by atomic mass is 10.1. The zero-order valence-electron chi connectivity index (χ0n) is 9.89. The lowest BCUT2D eigenvalue weighted by Gasteiger charge is -2.01. The van der Waals surface area contributed by atoms with Gasteiger partial charge < -0.3 is 5.32 Å². The van der Waals surface area contributed by atoms with Gasteiger partial charge in [0, 0.05) is 29.6 Å². The Bertz CT molecular complexity index is 492. The first-order valence-corrected chi connectivity index (χ1v) is 6.90. The summed E-state index contributed by atoms with van der Waals surface area (Å²) in [6.07, 6.45) is 1.26. The molecule has 0 aliphatic heterocycles. The maximum Gasteiger partial charge on any atom is 0.107 e. The molecule has 1 N–H and O–H groups in total. The van der Waals surface area contributed by atoms with Gasteiger partial charge in [-0.3, -0.25) is 0 Å². The van der Waals surface area contributed by atoms with E-state index in [0.717, 1.165) is 12.2 Å². The van der Waals surface area contributed by atoms with Crippen LogP contribution in [0.15, 0.2) is 35.7 Å². The number of hydrogen-bond acceptors (Lipinski definition) is 3. The molecule has 2 unspecified atom stereocenters. The average Bonchev–Trinajstić information content (AvgIpc) is 3.03. The Morgan fingerprint density at radius 3 is 2.88 bits per heavy atom. The van der Waals surface area contributed by atoms with E-state index >= 15 is 0 Å². The topological polar surface area (TPSA) is 24.9 Å². The fourth-order valence-electron chi connectivity index (χ4n) is 2.19. The quantitative estimate of drug-likeness (QED) is 0.894. The molecule has 17 heavy (non-hydrogen) atoms. The molecule has 88 valence electrons. The number of nitrogens with one attached hydrogen (secondary N) is 1. The molecule has 1 aromatic heterocycles. The first-order chi connectivity index (χ1) is 8.33. The Morgan fingerprint density at radius 1 is 1.35 bits per heavy atom. The van der Waals surface area contributed by atoms with Crippen molar-refractivity contribution in [2.45, 2.75) is 31.8 Å². The van der Waals surface area contributed by atoms with Gasteiger partial charge in [-0.1, -0.05) is 30.3 Å². The Hall–Kier alpha value is -1.19. The van der Waals surface area contributed by atoms with E-state index in [1.54, 1.807) is 11.3 Å². The molecule has 3 heteroatoms. The van der Waals surface area contributed by atoms with E-state index in [4.69, 9.17) is 0 Å². The fourth-order valence-corrected chi connectivity index (χ4v) is 2.91. The Balaban J connectivity index is 1.53. The molecule has 1 saturated carbocycles. The third-order valence-corrected chi connectivity index (χ3v) is 4.17. The lowest BCUT2D eigenvalue weighted by Crippen LogP contribution is -2.17. The van der Waals surface area contributed by atoms with Crippen LogP contribution in [0.1, 0.15) is 28.6 Å². The van der Waals surface area contributed by atoms with Gasteiger partial charge in [0.2, 0.25) is 0 Å². The van der Waals surface area contributed by atoms with Crippen LogP contribution < -0.4 is 5.32 Å². The summed E-state index contributed by atoms with van der Waals surface area (Å²) in [6.45, 7) is 2.95. The van der Waals surface area contributed by atoms with E-state index in [1.165, 1.54) is 17.0 Å². The van der Waals surface area contributed by atoms with Crippen molar-refractivity contribution in [3.8, 4) is 0 Å². The van der Waals surface area contributed by atoms with Crippen LogP contribution in [0, 0.1) is 6.92 Å². The van der Waals surface area contributed by atoms with E-state index in [2.05, 4.69) is 46.0 Å². The molecule has 3 rings (SSSR count). The van der Waals surface area contributed by atoms with E-state index in [9.17, 15) is 0 Å². The molecule has 1 fully saturated rings. The van der Waals surface area contributed by atoms with Crippen molar-refractivity contribution in [1.29, 1.82) is 0 Å². The van der Waals surface area contributed by atoms with Gasteiger partial charge in [-0.05, 0) is 18.9 Å². The molecule has 0 bridgehead atoms. The molecular formula is C14H16N2S. The standard InChI is InChI=1S/C14H16N2S/c1-10-9-17-14(16-10)8-15-13-7-12(13)11-5-3-2-4-6-11/h2-6,9,12-13,15H,7-8H2,1H3. The van der Waals surface area contributed by atoms with Gasteiger partial charge in [0.05, 0.1) is 0 Å². The van der Waals surface area contributed by atoms with Crippen LogP contribution in [0.4, 0.5) is 0 Å². The summed E-state index contributed by atoms with van der Waals surface area (Å²) < 4.78 is 0. The second-order valence-corrected chi connectivity index (χ2v) is 5.57. The molecule has 0 spiro atoms. The van der Waals surface area contributed by atoms with Crippen molar-refractivity contribution in [3.05, 3.63) is 52.0 Å². The molecule has 2 aromatic rings. The van der Waals surface area contributed by atoms with Gasteiger partial charge in [0.15, 0.2) is 0 Å². The molecule has 1 aromatic carbocycles. The average molecular weight is 244 g/mol. The van der Waals surface area contributed by atoms with Crippen molar-refractivity contribution >= 4 is 11.3 Å². The van der Waals surface area contributed by atoms with Crippen LogP contribution in [0.5, 0.6) is 0 Å². The first-order valence-electron chi connectivity index (χ1n) is 6.02. The van der Waals surface area contributed by atoms with Crippen LogP contribution in [0.25, 0.3) is 0 Å². The summed E-state index contributed by atoms with van der Waals surface area (Å²) in [5.74, 6) is 0.706. The van der Waals surface area contributed by atoms with Gasteiger partial charge in [0.1, 0.15) is 5.01 Å². The van der Waals surface area contributed by atoms with Crippen molar-refractivity contribution in [2.24, 2.45) is 0 Å². The molecule has 0 radical (unpaired) electrons. The Kier molecular flexibility index (Phi) is 2.95. The summed E-state index contributed by atoms with van der Waals surface area (Å²) in [4.78, 5) is 4.46. The minimum Gasteiger partial charge on any atom is -0.307 e. The molecule has 1 aliphatic rings. The Morgan fingerprint density at radius 2 is 2.18 bits per heavy atom. The second-order valence-electron chi connectivity index (χ2n) is 4.62. The number of aromatic nitrogens is 1. The molecule has 2 nitrogen and oxygen atoms in total. The van der Waals surface area contributed by atoms with E-state index in [-0.39, 0.29) is 0 Å². The van der Waals surface area contributed by atoms with E-state index < -0.39 is 0 Å². The minimum atomic E-state index is 0.640. The normalized spacial score (nSPS) is 22.6. The van der Waals surface area contributed by atoms with Gasteiger partial charge >= 0.3 is 0 Å². The van der Waals surface area contributed by atoms with Crippen LogP contribution in [-0.4, -0.2) is 11.0 Å². The molecule has 2 atom stereocenters.